The van der Waals surface area contributed by atoms with E-state index in [1.165, 1.54) is 12.1 Å². The lowest BCUT2D eigenvalue weighted by molar-refractivity contribution is -0.274. The van der Waals surface area contributed by atoms with Crippen LogP contribution in [0.5, 0.6) is 5.75 Å². The summed E-state index contributed by atoms with van der Waals surface area (Å²) >= 11 is 0. The van der Waals surface area contributed by atoms with Gasteiger partial charge in [0, 0.05) is 30.9 Å². The first kappa shape index (κ1) is 19.6. The molecule has 0 radical (unpaired) electrons. The highest BCUT2D eigenvalue weighted by Gasteiger charge is 2.30. The third-order valence-corrected chi connectivity index (χ3v) is 3.92. The number of fused-ring (bicyclic) bond motifs is 1. The van der Waals surface area contributed by atoms with Gasteiger partial charge in [0.2, 0.25) is 0 Å². The molecule has 2 N–H and O–H groups in total. The highest BCUT2D eigenvalue weighted by atomic mass is 19.4. The Labute approximate surface area is 158 Å². The van der Waals surface area contributed by atoms with Gasteiger partial charge in [0.05, 0.1) is 17.8 Å². The first-order valence-corrected chi connectivity index (χ1v) is 8.36. The molecule has 0 saturated heterocycles. The summed E-state index contributed by atoms with van der Waals surface area (Å²) in [4.78, 5) is 12.3. The number of carbonyl (C=O) groups excluding carboxylic acids is 1. The van der Waals surface area contributed by atoms with Crippen LogP contribution in [0.2, 0.25) is 0 Å². The fourth-order valence-electron chi connectivity index (χ4n) is 2.75. The number of para-hydroxylation sites is 1. The van der Waals surface area contributed by atoms with Gasteiger partial charge in [-0.15, -0.1) is 13.2 Å². The maximum Gasteiger partial charge on any atom is 0.573 e. The fourth-order valence-corrected chi connectivity index (χ4v) is 2.75. The topological polar surface area (TPSA) is 64.5 Å². The van der Waals surface area contributed by atoms with Crippen LogP contribution in [-0.2, 0) is 11.3 Å². The molecule has 1 aromatic heterocycles. The molecule has 148 valence electrons. The average molecular weight is 393 g/mol. The van der Waals surface area contributed by atoms with Crippen molar-refractivity contribution in [2.45, 2.75) is 12.9 Å². The summed E-state index contributed by atoms with van der Waals surface area (Å²) < 4.78 is 47.4. The zero-order chi connectivity index (χ0) is 20.1. The zero-order valence-electron chi connectivity index (χ0n) is 14.9. The molecule has 3 aromatic rings. The molecular formula is C19H18F3N3O3. The van der Waals surface area contributed by atoms with E-state index in [4.69, 9.17) is 4.74 Å². The summed E-state index contributed by atoms with van der Waals surface area (Å²) in [7, 11) is 1.61. The Morgan fingerprint density at radius 1 is 1.07 bits per heavy atom. The van der Waals surface area contributed by atoms with Crippen molar-refractivity contribution >= 4 is 28.3 Å². The number of benzene rings is 2. The number of hydrogen-bond donors (Lipinski definition) is 2. The number of hydrogen-bond acceptors (Lipinski definition) is 3. The van der Waals surface area contributed by atoms with E-state index in [0.717, 1.165) is 23.0 Å². The summed E-state index contributed by atoms with van der Waals surface area (Å²) in [5.74, 6) is -0.361. The molecule has 0 atom stereocenters. The van der Waals surface area contributed by atoms with Gasteiger partial charge >= 0.3 is 12.4 Å². The van der Waals surface area contributed by atoms with Gasteiger partial charge in [-0.3, -0.25) is 0 Å². The van der Waals surface area contributed by atoms with Crippen molar-refractivity contribution in [3.8, 4) is 5.75 Å². The molecule has 28 heavy (non-hydrogen) atoms. The summed E-state index contributed by atoms with van der Waals surface area (Å²) in [6.45, 7) is 1.15. The van der Waals surface area contributed by atoms with E-state index in [0.29, 0.717) is 24.5 Å². The van der Waals surface area contributed by atoms with Crippen LogP contribution >= 0.6 is 0 Å². The maximum atomic E-state index is 12.3. The van der Waals surface area contributed by atoms with E-state index in [1.807, 2.05) is 35.0 Å². The minimum atomic E-state index is -4.76. The Morgan fingerprint density at radius 2 is 1.79 bits per heavy atom. The Kier molecular flexibility index (Phi) is 5.74. The van der Waals surface area contributed by atoms with Crippen LogP contribution in [0.1, 0.15) is 0 Å². The Morgan fingerprint density at radius 3 is 2.46 bits per heavy atom. The average Bonchev–Trinajstić information content (AvgIpc) is 2.98. The number of carbonyl (C=O) groups is 1. The smallest absolute Gasteiger partial charge is 0.406 e. The number of ether oxygens (including phenoxy) is 2. The van der Waals surface area contributed by atoms with Crippen molar-refractivity contribution in [1.82, 2.24) is 4.57 Å². The quantitative estimate of drug-likeness (QED) is 0.631. The van der Waals surface area contributed by atoms with Crippen LogP contribution < -0.4 is 15.4 Å². The van der Waals surface area contributed by atoms with Crippen molar-refractivity contribution in [1.29, 1.82) is 0 Å². The zero-order valence-corrected chi connectivity index (χ0v) is 14.9. The second kappa shape index (κ2) is 8.22. The predicted octanol–water partition coefficient (Wildman–Crippen LogP) is 4.83. The van der Waals surface area contributed by atoms with Crippen molar-refractivity contribution in [2.75, 3.05) is 24.4 Å². The van der Waals surface area contributed by atoms with Gasteiger partial charge < -0.3 is 24.7 Å². The summed E-state index contributed by atoms with van der Waals surface area (Å²) in [6, 6.07) is 12.0. The number of alkyl halides is 3. The van der Waals surface area contributed by atoms with Gasteiger partial charge in [-0.25, -0.2) is 4.79 Å². The Balaban J connectivity index is 1.69. The van der Waals surface area contributed by atoms with Crippen LogP contribution in [0.15, 0.2) is 54.7 Å². The van der Waals surface area contributed by atoms with Crippen molar-refractivity contribution in [2.24, 2.45) is 0 Å². The number of methoxy groups -OCH3 is 1. The van der Waals surface area contributed by atoms with Crippen molar-refractivity contribution in [3.63, 3.8) is 0 Å². The highest BCUT2D eigenvalue weighted by Crippen LogP contribution is 2.27. The van der Waals surface area contributed by atoms with Crippen molar-refractivity contribution < 1.29 is 27.4 Å². The standard InChI is InChI=1S/C19H18F3N3O3/c1-27-11-10-25-12-16(15-4-2-3-5-17(15)25)24-18(26)23-13-6-8-14(9-7-13)28-19(20,21)22/h2-9,12H,10-11H2,1H3,(H2,23,24,26). The van der Waals surface area contributed by atoms with Gasteiger partial charge in [-0.2, -0.15) is 0 Å². The van der Waals surface area contributed by atoms with Gasteiger partial charge in [0.1, 0.15) is 5.75 Å². The van der Waals surface area contributed by atoms with Crippen LogP contribution in [-0.4, -0.2) is 30.7 Å². The van der Waals surface area contributed by atoms with Gasteiger partial charge in [0.15, 0.2) is 0 Å². The van der Waals surface area contributed by atoms with Gasteiger partial charge in [-0.05, 0) is 30.3 Å². The summed E-state index contributed by atoms with van der Waals surface area (Å²) in [5.41, 5.74) is 1.89. The lowest BCUT2D eigenvalue weighted by Gasteiger charge is -2.10. The monoisotopic (exact) mass is 393 g/mol. The highest BCUT2D eigenvalue weighted by molar-refractivity contribution is 6.06. The number of nitrogens with one attached hydrogen (secondary N) is 2. The second-order valence-corrected chi connectivity index (χ2v) is 5.90. The molecule has 9 heteroatoms. The second-order valence-electron chi connectivity index (χ2n) is 5.90. The molecule has 0 aliphatic rings. The first-order chi connectivity index (χ1) is 13.4. The lowest BCUT2D eigenvalue weighted by atomic mass is 10.2. The van der Waals surface area contributed by atoms with E-state index in [2.05, 4.69) is 15.4 Å². The number of halogens is 3. The SMILES string of the molecule is COCCn1cc(NC(=O)Nc2ccc(OC(F)(F)F)cc2)c2ccccc21. The molecule has 0 bridgehead atoms. The predicted molar refractivity (Wildman–Crippen MR) is 99.6 cm³/mol. The van der Waals surface area contributed by atoms with E-state index in [-0.39, 0.29) is 5.75 Å². The molecule has 6 nitrogen and oxygen atoms in total. The normalized spacial score (nSPS) is 11.4. The molecule has 0 fully saturated rings. The lowest BCUT2D eigenvalue weighted by Crippen LogP contribution is -2.19. The Hall–Kier alpha value is -3.20. The number of urea groups is 1. The molecule has 0 spiro atoms. The molecule has 3 rings (SSSR count). The van der Waals surface area contributed by atoms with E-state index < -0.39 is 12.4 Å². The minimum absolute atomic E-state index is 0.329. The largest absolute Gasteiger partial charge is 0.573 e. The third kappa shape index (κ3) is 4.95. The molecule has 0 unspecified atom stereocenters. The number of aromatic nitrogens is 1. The van der Waals surface area contributed by atoms with E-state index >= 15 is 0 Å². The van der Waals surface area contributed by atoms with Crippen LogP contribution in [0, 0.1) is 0 Å². The number of rotatable bonds is 6. The van der Waals surface area contributed by atoms with Crippen LogP contribution in [0.25, 0.3) is 10.9 Å². The van der Waals surface area contributed by atoms with Gasteiger partial charge in [0.25, 0.3) is 0 Å². The fraction of sp³-hybridized carbons (Fsp3) is 0.211. The van der Waals surface area contributed by atoms with Crippen LogP contribution in [0.4, 0.5) is 29.3 Å². The van der Waals surface area contributed by atoms with E-state index in [9.17, 15) is 18.0 Å². The molecule has 0 aliphatic heterocycles. The number of amides is 2. The number of anilines is 2. The third-order valence-electron chi connectivity index (χ3n) is 3.92. The molecule has 2 aromatic carbocycles. The summed E-state index contributed by atoms with van der Waals surface area (Å²) in [5, 5.41) is 6.20. The maximum absolute atomic E-state index is 12.3. The Bertz CT molecular complexity index is 952. The van der Waals surface area contributed by atoms with Crippen molar-refractivity contribution in [3.05, 3.63) is 54.7 Å². The first-order valence-electron chi connectivity index (χ1n) is 8.36. The molecule has 2 amide bonds. The van der Waals surface area contributed by atoms with Crippen LogP contribution in [0.3, 0.4) is 0 Å². The molecule has 0 aliphatic carbocycles. The molecule has 1 heterocycles. The number of nitrogens with zero attached hydrogens (tertiary/aromatic N) is 1. The summed E-state index contributed by atoms with van der Waals surface area (Å²) in [6.07, 6.45) is -2.95. The molecule has 0 saturated carbocycles. The molecular weight excluding hydrogens is 375 g/mol. The van der Waals surface area contributed by atoms with Gasteiger partial charge in [-0.1, -0.05) is 18.2 Å². The van der Waals surface area contributed by atoms with E-state index in [1.54, 1.807) is 7.11 Å². The minimum Gasteiger partial charge on any atom is -0.406 e.